The third-order valence-corrected chi connectivity index (χ3v) is 7.29. The Bertz CT molecular complexity index is 1400. The van der Waals surface area contributed by atoms with E-state index in [1.165, 1.54) is 0 Å². The lowest BCUT2D eigenvalue weighted by atomic mass is 9.89. The molecule has 1 saturated heterocycles. The summed E-state index contributed by atoms with van der Waals surface area (Å²) in [6.45, 7) is 6.51. The van der Waals surface area contributed by atoms with Crippen LogP contribution in [0.25, 0.3) is 11.1 Å². The van der Waals surface area contributed by atoms with E-state index in [0.29, 0.717) is 48.3 Å². The lowest BCUT2D eigenvalue weighted by Gasteiger charge is -2.28. The van der Waals surface area contributed by atoms with Crippen LogP contribution in [-0.4, -0.2) is 6.61 Å². The molecule has 42 heavy (non-hydrogen) atoms. The van der Waals surface area contributed by atoms with Gasteiger partial charge in [0.1, 0.15) is 22.9 Å². The minimum atomic E-state index is -5.36. The first-order chi connectivity index (χ1) is 19.3. The number of halogens is 10. The summed E-state index contributed by atoms with van der Waals surface area (Å²) in [6.07, 6.45) is -14.1. The van der Waals surface area contributed by atoms with Gasteiger partial charge in [-0.3, -0.25) is 0 Å². The summed E-state index contributed by atoms with van der Waals surface area (Å²) < 4.78 is 150. The Balaban J connectivity index is 1.71. The first-order valence-corrected chi connectivity index (χ1v) is 12.9. The SMILES string of the molecule is Cc1cc(C2CCC(C)CO2)cc(C)c1-c1cc(F)c(C(F)(F)Oc2cc(C(F)(F)F)c(C)c(C(F)(F)F)c2)c(F)c1. The lowest BCUT2D eigenvalue weighted by molar-refractivity contribution is -0.190. The van der Waals surface area contributed by atoms with Crippen LogP contribution in [0.2, 0.25) is 0 Å². The van der Waals surface area contributed by atoms with Gasteiger partial charge >= 0.3 is 18.5 Å². The fourth-order valence-corrected chi connectivity index (χ4v) is 5.31. The van der Waals surface area contributed by atoms with Crippen molar-refractivity contribution in [3.05, 3.63) is 87.0 Å². The van der Waals surface area contributed by atoms with Gasteiger partial charge in [-0.2, -0.15) is 35.1 Å². The van der Waals surface area contributed by atoms with E-state index in [1.807, 2.05) is 0 Å². The molecular formula is C30H26F10O2. The highest BCUT2D eigenvalue weighted by Gasteiger charge is 2.44. The second-order valence-corrected chi connectivity index (χ2v) is 10.6. The number of ether oxygens (including phenoxy) is 2. The van der Waals surface area contributed by atoms with Crippen LogP contribution in [0.3, 0.4) is 0 Å². The maximum atomic E-state index is 15.1. The number of aryl methyl sites for hydroxylation is 2. The molecule has 3 aromatic carbocycles. The van der Waals surface area contributed by atoms with Crippen molar-refractivity contribution < 1.29 is 53.4 Å². The average molecular weight is 609 g/mol. The van der Waals surface area contributed by atoms with Gasteiger partial charge in [0.05, 0.1) is 17.2 Å². The van der Waals surface area contributed by atoms with E-state index in [1.54, 1.807) is 26.0 Å². The Morgan fingerprint density at radius 1 is 0.738 bits per heavy atom. The predicted octanol–water partition coefficient (Wildman–Crippen LogP) is 10.2. The molecule has 2 atom stereocenters. The summed E-state index contributed by atoms with van der Waals surface area (Å²) >= 11 is 0. The van der Waals surface area contributed by atoms with Crippen molar-refractivity contribution in [1.29, 1.82) is 0 Å². The van der Waals surface area contributed by atoms with Crippen LogP contribution in [0.5, 0.6) is 5.75 Å². The molecule has 0 amide bonds. The molecule has 0 aliphatic carbocycles. The highest BCUT2D eigenvalue weighted by molar-refractivity contribution is 5.72. The molecule has 0 radical (unpaired) electrons. The highest BCUT2D eigenvalue weighted by atomic mass is 19.4. The summed E-state index contributed by atoms with van der Waals surface area (Å²) in [5.41, 5.74) is -4.73. The number of hydrogen-bond donors (Lipinski definition) is 0. The molecule has 1 aliphatic rings. The van der Waals surface area contributed by atoms with Crippen molar-refractivity contribution in [1.82, 2.24) is 0 Å². The van der Waals surface area contributed by atoms with Crippen molar-refractivity contribution in [2.24, 2.45) is 5.92 Å². The third-order valence-electron chi connectivity index (χ3n) is 7.29. The Kier molecular flexibility index (Phi) is 8.36. The first kappa shape index (κ1) is 31.7. The molecule has 2 unspecified atom stereocenters. The molecule has 3 aromatic rings. The van der Waals surface area contributed by atoms with Crippen molar-refractivity contribution in [2.45, 2.75) is 65.1 Å². The van der Waals surface area contributed by atoms with Crippen LogP contribution < -0.4 is 4.74 Å². The molecule has 1 heterocycles. The van der Waals surface area contributed by atoms with Crippen LogP contribution in [-0.2, 0) is 23.2 Å². The van der Waals surface area contributed by atoms with E-state index in [2.05, 4.69) is 11.7 Å². The van der Waals surface area contributed by atoms with E-state index in [0.717, 1.165) is 18.4 Å². The molecule has 0 N–H and O–H groups in total. The van der Waals surface area contributed by atoms with Gasteiger partial charge in [0.15, 0.2) is 0 Å². The minimum absolute atomic E-state index is 0.0758. The maximum Gasteiger partial charge on any atom is 0.432 e. The second kappa shape index (κ2) is 11.1. The van der Waals surface area contributed by atoms with E-state index in [9.17, 15) is 26.3 Å². The number of rotatable bonds is 5. The molecule has 0 saturated carbocycles. The van der Waals surface area contributed by atoms with Crippen molar-refractivity contribution in [3.63, 3.8) is 0 Å². The van der Waals surface area contributed by atoms with Crippen molar-refractivity contribution >= 4 is 0 Å². The second-order valence-electron chi connectivity index (χ2n) is 10.6. The lowest BCUT2D eigenvalue weighted by Crippen LogP contribution is -2.26. The number of benzene rings is 3. The van der Waals surface area contributed by atoms with Crippen LogP contribution in [0.1, 0.15) is 64.8 Å². The van der Waals surface area contributed by atoms with Crippen LogP contribution >= 0.6 is 0 Å². The minimum Gasteiger partial charge on any atom is -0.429 e. The largest absolute Gasteiger partial charge is 0.432 e. The van der Waals surface area contributed by atoms with E-state index >= 15 is 17.6 Å². The van der Waals surface area contributed by atoms with Gasteiger partial charge in [-0.25, -0.2) is 8.78 Å². The summed E-state index contributed by atoms with van der Waals surface area (Å²) in [5, 5.41) is 0. The van der Waals surface area contributed by atoms with Gasteiger partial charge in [0.2, 0.25) is 0 Å². The topological polar surface area (TPSA) is 18.5 Å². The smallest absolute Gasteiger partial charge is 0.429 e. The van der Waals surface area contributed by atoms with E-state index < -0.39 is 58.1 Å². The van der Waals surface area contributed by atoms with Crippen LogP contribution in [0.15, 0.2) is 36.4 Å². The molecule has 0 aromatic heterocycles. The highest BCUT2D eigenvalue weighted by Crippen LogP contribution is 2.44. The summed E-state index contributed by atoms with van der Waals surface area (Å²) in [6, 6.07) is 4.62. The first-order valence-electron chi connectivity index (χ1n) is 12.9. The van der Waals surface area contributed by atoms with E-state index in [-0.39, 0.29) is 23.8 Å². The van der Waals surface area contributed by atoms with E-state index in [4.69, 9.17) is 4.74 Å². The van der Waals surface area contributed by atoms with Crippen LogP contribution in [0.4, 0.5) is 43.9 Å². The summed E-state index contributed by atoms with van der Waals surface area (Å²) in [4.78, 5) is 0. The van der Waals surface area contributed by atoms with Gasteiger partial charge < -0.3 is 9.47 Å². The number of alkyl halides is 8. The normalized spacial score (nSPS) is 18.3. The van der Waals surface area contributed by atoms with Crippen molar-refractivity contribution in [3.8, 4) is 16.9 Å². The maximum absolute atomic E-state index is 15.1. The van der Waals surface area contributed by atoms with Gasteiger partial charge in [-0.15, -0.1) is 0 Å². The molecule has 12 heteroatoms. The Morgan fingerprint density at radius 2 is 1.24 bits per heavy atom. The van der Waals surface area contributed by atoms with Crippen molar-refractivity contribution in [2.75, 3.05) is 6.61 Å². The molecular weight excluding hydrogens is 582 g/mol. The molecule has 1 aliphatic heterocycles. The van der Waals surface area contributed by atoms with Gasteiger partial charge in [0.25, 0.3) is 0 Å². The fourth-order valence-electron chi connectivity index (χ4n) is 5.31. The van der Waals surface area contributed by atoms with Gasteiger partial charge in [-0.05, 0) is 97.2 Å². The Hall–Kier alpha value is -3.28. The zero-order valence-corrected chi connectivity index (χ0v) is 22.8. The van der Waals surface area contributed by atoms with Crippen LogP contribution in [0, 0.1) is 38.3 Å². The average Bonchev–Trinajstić information content (AvgIpc) is 2.82. The monoisotopic (exact) mass is 608 g/mol. The molecule has 2 nitrogen and oxygen atoms in total. The summed E-state index contributed by atoms with van der Waals surface area (Å²) in [5.74, 6) is -4.77. The predicted molar refractivity (Wildman–Crippen MR) is 134 cm³/mol. The molecule has 0 spiro atoms. The number of hydrogen-bond acceptors (Lipinski definition) is 2. The third kappa shape index (κ3) is 6.38. The zero-order chi connectivity index (χ0) is 31.4. The Morgan fingerprint density at radius 3 is 1.67 bits per heavy atom. The molecule has 4 rings (SSSR count). The summed E-state index contributed by atoms with van der Waals surface area (Å²) in [7, 11) is 0. The standard InChI is InChI=1S/C30H26F10O2/c1-14-5-6-25(41-13-14)18-7-15(2)26(16(3)8-18)19-9-23(31)27(24(32)10-19)30(39,40)42-20-11-21(28(33,34)35)17(4)22(12-20)29(36,37)38/h7-12,14,25H,5-6,13H2,1-4H3. The Labute approximate surface area is 235 Å². The quantitative estimate of drug-likeness (QED) is 0.269. The van der Waals surface area contributed by atoms with Gasteiger partial charge in [-0.1, -0.05) is 19.1 Å². The zero-order valence-electron chi connectivity index (χ0n) is 22.8. The fraction of sp³-hybridized carbons (Fsp3) is 0.400. The molecule has 1 fully saturated rings. The molecule has 228 valence electrons. The molecule has 0 bridgehead atoms. The van der Waals surface area contributed by atoms with Gasteiger partial charge in [0, 0.05) is 6.61 Å².